The van der Waals surface area contributed by atoms with Crippen LogP contribution in [0.1, 0.15) is 39.8 Å². The molecule has 27 heavy (non-hydrogen) atoms. The maximum atomic E-state index is 12.5. The van der Waals surface area contributed by atoms with E-state index < -0.39 is 0 Å². The van der Waals surface area contributed by atoms with Gasteiger partial charge in [0, 0.05) is 17.9 Å². The first-order valence-electron chi connectivity index (χ1n) is 9.09. The molecule has 0 bridgehead atoms. The van der Waals surface area contributed by atoms with Gasteiger partial charge >= 0.3 is 0 Å². The van der Waals surface area contributed by atoms with Crippen LogP contribution in [0.3, 0.4) is 0 Å². The Kier molecular flexibility index (Phi) is 5.81. The second kappa shape index (κ2) is 8.45. The number of carbonyl (C=O) groups is 1. The normalized spacial score (nSPS) is 10.5. The van der Waals surface area contributed by atoms with Crippen molar-refractivity contribution in [1.82, 2.24) is 15.3 Å². The molecule has 0 fully saturated rings. The van der Waals surface area contributed by atoms with E-state index in [0.717, 1.165) is 23.4 Å². The van der Waals surface area contributed by atoms with E-state index in [4.69, 9.17) is 0 Å². The molecular formula is C22H24N4O. The lowest BCUT2D eigenvalue weighted by molar-refractivity contribution is 0.0945. The molecule has 5 heteroatoms. The van der Waals surface area contributed by atoms with Gasteiger partial charge in [0.05, 0.1) is 0 Å². The Hall–Kier alpha value is -3.21. The van der Waals surface area contributed by atoms with E-state index in [-0.39, 0.29) is 5.91 Å². The Morgan fingerprint density at radius 1 is 0.963 bits per heavy atom. The number of hydrogen-bond donors (Lipinski definition) is 2. The summed E-state index contributed by atoms with van der Waals surface area (Å²) in [6, 6.07) is 17.9. The number of hydrogen-bond acceptors (Lipinski definition) is 4. The standard InChI is InChI=1S/C22H24N4O/c1-4-17-8-10-19(11-9-17)25-22-24-16(3)13-20(26-22)21(27)23-14-18-7-5-6-15(2)12-18/h5-13H,4,14H2,1-3H3,(H,23,27)(H,24,25,26). The van der Waals surface area contributed by atoms with Crippen molar-refractivity contribution in [3.8, 4) is 0 Å². The third-order valence-corrected chi connectivity index (χ3v) is 4.24. The van der Waals surface area contributed by atoms with Gasteiger partial charge in [0.2, 0.25) is 5.95 Å². The van der Waals surface area contributed by atoms with Gasteiger partial charge in [-0.3, -0.25) is 4.79 Å². The fourth-order valence-electron chi connectivity index (χ4n) is 2.79. The predicted octanol–water partition coefficient (Wildman–Crippen LogP) is 4.33. The molecule has 3 rings (SSSR count). The maximum absolute atomic E-state index is 12.5. The molecule has 2 aromatic carbocycles. The predicted molar refractivity (Wildman–Crippen MR) is 108 cm³/mol. The SMILES string of the molecule is CCc1ccc(Nc2nc(C)cc(C(=O)NCc3cccc(C)c3)n2)cc1. The minimum Gasteiger partial charge on any atom is -0.347 e. The number of nitrogens with zero attached hydrogens (tertiary/aromatic N) is 2. The number of aryl methyl sites for hydroxylation is 3. The monoisotopic (exact) mass is 360 g/mol. The first-order valence-corrected chi connectivity index (χ1v) is 9.09. The maximum Gasteiger partial charge on any atom is 0.270 e. The Bertz CT molecular complexity index is 935. The summed E-state index contributed by atoms with van der Waals surface area (Å²) in [5.41, 5.74) is 5.47. The average molecular weight is 360 g/mol. The minimum absolute atomic E-state index is 0.216. The lowest BCUT2D eigenvalue weighted by atomic mass is 10.1. The largest absolute Gasteiger partial charge is 0.347 e. The highest BCUT2D eigenvalue weighted by Gasteiger charge is 2.11. The van der Waals surface area contributed by atoms with Gasteiger partial charge in [-0.25, -0.2) is 9.97 Å². The highest BCUT2D eigenvalue weighted by molar-refractivity contribution is 5.92. The van der Waals surface area contributed by atoms with Crippen LogP contribution in [-0.4, -0.2) is 15.9 Å². The third-order valence-electron chi connectivity index (χ3n) is 4.24. The fraction of sp³-hybridized carbons (Fsp3) is 0.227. The molecule has 0 atom stereocenters. The Morgan fingerprint density at radius 2 is 1.74 bits per heavy atom. The lowest BCUT2D eigenvalue weighted by Gasteiger charge is -2.10. The second-order valence-corrected chi connectivity index (χ2v) is 6.57. The summed E-state index contributed by atoms with van der Waals surface area (Å²) in [7, 11) is 0. The second-order valence-electron chi connectivity index (χ2n) is 6.57. The highest BCUT2D eigenvalue weighted by Crippen LogP contribution is 2.15. The first-order chi connectivity index (χ1) is 13.0. The molecule has 5 nitrogen and oxygen atoms in total. The van der Waals surface area contributed by atoms with Crippen LogP contribution in [0, 0.1) is 13.8 Å². The number of benzene rings is 2. The van der Waals surface area contributed by atoms with E-state index in [1.54, 1.807) is 6.07 Å². The van der Waals surface area contributed by atoms with Crippen molar-refractivity contribution >= 4 is 17.5 Å². The zero-order chi connectivity index (χ0) is 19.2. The van der Waals surface area contributed by atoms with Crippen molar-refractivity contribution in [1.29, 1.82) is 0 Å². The summed E-state index contributed by atoms with van der Waals surface area (Å²) in [6.07, 6.45) is 0.993. The van der Waals surface area contributed by atoms with Crippen molar-refractivity contribution < 1.29 is 4.79 Å². The molecule has 138 valence electrons. The van der Waals surface area contributed by atoms with E-state index in [1.165, 1.54) is 11.1 Å². The van der Waals surface area contributed by atoms with Crippen molar-refractivity contribution in [3.05, 3.63) is 82.7 Å². The summed E-state index contributed by atoms with van der Waals surface area (Å²) < 4.78 is 0. The van der Waals surface area contributed by atoms with Gasteiger partial charge in [0.15, 0.2) is 0 Å². The quantitative estimate of drug-likeness (QED) is 0.687. The van der Waals surface area contributed by atoms with E-state index in [0.29, 0.717) is 18.2 Å². The average Bonchev–Trinajstić information content (AvgIpc) is 2.66. The number of carbonyl (C=O) groups excluding carboxylic acids is 1. The van der Waals surface area contributed by atoms with Gasteiger partial charge in [-0.2, -0.15) is 0 Å². The van der Waals surface area contributed by atoms with Crippen LogP contribution >= 0.6 is 0 Å². The van der Waals surface area contributed by atoms with Crippen LogP contribution in [0.25, 0.3) is 0 Å². The van der Waals surface area contributed by atoms with Crippen molar-refractivity contribution in [2.75, 3.05) is 5.32 Å². The zero-order valence-corrected chi connectivity index (χ0v) is 15.9. The first kappa shape index (κ1) is 18.6. The number of amides is 1. The summed E-state index contributed by atoms with van der Waals surface area (Å²) in [4.78, 5) is 21.3. The zero-order valence-electron chi connectivity index (χ0n) is 15.9. The molecule has 0 radical (unpaired) electrons. The molecule has 1 aromatic heterocycles. The summed E-state index contributed by atoms with van der Waals surface area (Å²) in [5, 5.41) is 6.09. The number of anilines is 2. The molecular weight excluding hydrogens is 336 g/mol. The number of aromatic nitrogens is 2. The molecule has 0 spiro atoms. The Labute approximate surface area is 159 Å². The van der Waals surface area contributed by atoms with Crippen LogP contribution in [0.2, 0.25) is 0 Å². The smallest absolute Gasteiger partial charge is 0.270 e. The van der Waals surface area contributed by atoms with Crippen molar-refractivity contribution in [2.45, 2.75) is 33.7 Å². The molecule has 0 saturated heterocycles. The van der Waals surface area contributed by atoms with Crippen LogP contribution < -0.4 is 10.6 Å². The molecule has 0 unspecified atom stereocenters. The van der Waals surface area contributed by atoms with Gasteiger partial charge in [-0.15, -0.1) is 0 Å². The molecule has 2 N–H and O–H groups in total. The van der Waals surface area contributed by atoms with Crippen LogP contribution in [-0.2, 0) is 13.0 Å². The third kappa shape index (κ3) is 5.14. The van der Waals surface area contributed by atoms with Gasteiger partial charge in [-0.05, 0) is 49.6 Å². The number of rotatable bonds is 6. The van der Waals surface area contributed by atoms with E-state index >= 15 is 0 Å². The van der Waals surface area contributed by atoms with Crippen molar-refractivity contribution in [2.24, 2.45) is 0 Å². The van der Waals surface area contributed by atoms with Crippen LogP contribution in [0.5, 0.6) is 0 Å². The van der Waals surface area contributed by atoms with E-state index in [2.05, 4.69) is 45.7 Å². The van der Waals surface area contributed by atoms with Gasteiger partial charge in [0.25, 0.3) is 5.91 Å². The van der Waals surface area contributed by atoms with Gasteiger partial charge < -0.3 is 10.6 Å². The molecule has 1 amide bonds. The summed E-state index contributed by atoms with van der Waals surface area (Å²) >= 11 is 0. The topological polar surface area (TPSA) is 66.9 Å². The Balaban J connectivity index is 1.70. The number of nitrogens with one attached hydrogen (secondary N) is 2. The molecule has 0 saturated carbocycles. The van der Waals surface area contributed by atoms with Gasteiger partial charge in [0.1, 0.15) is 5.69 Å². The molecule has 0 aliphatic rings. The lowest BCUT2D eigenvalue weighted by Crippen LogP contribution is -2.24. The van der Waals surface area contributed by atoms with E-state index in [1.807, 2.05) is 44.2 Å². The molecule has 0 aliphatic carbocycles. The van der Waals surface area contributed by atoms with Crippen molar-refractivity contribution in [3.63, 3.8) is 0 Å². The molecule has 3 aromatic rings. The van der Waals surface area contributed by atoms with E-state index in [9.17, 15) is 4.79 Å². The van der Waals surface area contributed by atoms with Gasteiger partial charge in [-0.1, -0.05) is 48.9 Å². The fourth-order valence-corrected chi connectivity index (χ4v) is 2.79. The van der Waals surface area contributed by atoms with Crippen LogP contribution in [0.4, 0.5) is 11.6 Å². The summed E-state index contributed by atoms with van der Waals surface area (Å²) in [6.45, 7) is 6.47. The summed E-state index contributed by atoms with van der Waals surface area (Å²) in [5.74, 6) is 0.200. The minimum atomic E-state index is -0.216. The highest BCUT2D eigenvalue weighted by atomic mass is 16.1. The Morgan fingerprint density at radius 3 is 2.44 bits per heavy atom. The molecule has 0 aliphatic heterocycles. The van der Waals surface area contributed by atoms with Crippen LogP contribution in [0.15, 0.2) is 54.6 Å². The molecule has 1 heterocycles.